The molecule has 3 N–H and O–H groups in total. The molecule has 0 aliphatic carbocycles. The smallest absolute Gasteiger partial charge is 0.133 e. The van der Waals surface area contributed by atoms with Crippen LogP contribution in [0.2, 0.25) is 0 Å². The molecule has 0 bridgehead atoms. The molecule has 0 fully saturated rings. The van der Waals surface area contributed by atoms with Gasteiger partial charge in [-0.1, -0.05) is 181 Å². The minimum Gasteiger partial charge on any atom is -0.396 e. The second-order valence-corrected chi connectivity index (χ2v) is 13.1. The molecule has 0 saturated heterocycles. The summed E-state index contributed by atoms with van der Waals surface area (Å²) in [6.45, 7) is 4.28. The van der Waals surface area contributed by atoms with E-state index in [-0.39, 0.29) is 18.8 Å². The molecule has 0 saturated carbocycles. The van der Waals surface area contributed by atoms with Gasteiger partial charge in [-0.2, -0.15) is 0 Å². The molecule has 0 radical (unpaired) electrons. The van der Waals surface area contributed by atoms with E-state index in [1.54, 1.807) is 0 Å². The average Bonchev–Trinajstić information content (AvgIpc) is 2.97. The minimum atomic E-state index is -1.02. The summed E-state index contributed by atoms with van der Waals surface area (Å²) in [5.41, 5.74) is 0. The summed E-state index contributed by atoms with van der Waals surface area (Å²) in [6.07, 6.45) is 34.2. The highest BCUT2D eigenvalue weighted by molar-refractivity contribution is 5.78. The third-order valence-corrected chi connectivity index (χ3v) is 9.01. The largest absolute Gasteiger partial charge is 0.396 e. The van der Waals surface area contributed by atoms with Gasteiger partial charge in [0.2, 0.25) is 0 Å². The van der Waals surface area contributed by atoms with Crippen LogP contribution < -0.4 is 0 Å². The van der Waals surface area contributed by atoms with Crippen LogP contribution >= 0.6 is 0 Å². The first-order valence-electron chi connectivity index (χ1n) is 18.5. The fourth-order valence-electron chi connectivity index (χ4n) is 6.06. The Kier molecular flexibility index (Phi) is 32.1. The van der Waals surface area contributed by atoms with E-state index in [2.05, 4.69) is 13.8 Å². The summed E-state index contributed by atoms with van der Waals surface area (Å²) in [5.74, 6) is -0.443. The number of ketones is 1. The third kappa shape index (κ3) is 28.1. The van der Waals surface area contributed by atoms with Crippen molar-refractivity contribution < 1.29 is 20.1 Å². The number of Topliss-reactive ketones (excluding diaryl/α,β-unsaturated/α-hetero) is 1. The van der Waals surface area contributed by atoms with Gasteiger partial charge in [-0.15, -0.1) is 0 Å². The summed E-state index contributed by atoms with van der Waals surface area (Å²) in [4.78, 5) is 12.4. The summed E-state index contributed by atoms with van der Waals surface area (Å²) in [6, 6.07) is 0. The summed E-state index contributed by atoms with van der Waals surface area (Å²) < 4.78 is 0. The van der Waals surface area contributed by atoms with Crippen molar-refractivity contribution in [1.82, 2.24) is 0 Å². The second-order valence-electron chi connectivity index (χ2n) is 13.1. The average molecular weight is 583 g/mol. The lowest BCUT2D eigenvalue weighted by molar-refractivity contribution is -0.123. The Labute approximate surface area is 256 Å². The van der Waals surface area contributed by atoms with E-state index in [0.29, 0.717) is 12.8 Å². The number of aliphatic hydroxyl groups is 3. The first-order valence-corrected chi connectivity index (χ1v) is 18.5. The minimum absolute atomic E-state index is 0.107. The number of rotatable bonds is 34. The van der Waals surface area contributed by atoms with E-state index in [4.69, 9.17) is 0 Å². The van der Waals surface area contributed by atoms with Crippen LogP contribution in [0.25, 0.3) is 0 Å². The Morgan fingerprint density at radius 2 is 0.805 bits per heavy atom. The summed E-state index contributed by atoms with van der Waals surface area (Å²) in [5, 5.41) is 30.7. The Morgan fingerprint density at radius 1 is 0.488 bits per heavy atom. The number of carbonyl (C=O) groups excluding carboxylic acids is 1. The van der Waals surface area contributed by atoms with Gasteiger partial charge >= 0.3 is 0 Å². The molecule has 4 nitrogen and oxygen atoms in total. The van der Waals surface area contributed by atoms with Crippen LogP contribution in [0.5, 0.6) is 0 Å². The predicted octanol–water partition coefficient (Wildman–Crippen LogP) is 10.6. The van der Waals surface area contributed by atoms with Gasteiger partial charge in [-0.05, 0) is 12.8 Å². The lowest BCUT2D eigenvalue weighted by atomic mass is 9.90. The first-order chi connectivity index (χ1) is 20.1. The molecule has 0 aliphatic heterocycles. The highest BCUT2D eigenvalue weighted by Gasteiger charge is 2.27. The second kappa shape index (κ2) is 32.5. The van der Waals surface area contributed by atoms with Crippen molar-refractivity contribution in [2.75, 3.05) is 6.61 Å². The number of hydrogen-bond donors (Lipinski definition) is 3. The molecule has 0 spiro atoms. The molecule has 4 heteroatoms. The standard InChI is InChI=1S/C37H74O4/c1-3-5-7-9-11-13-15-17-18-19-20-22-24-26-28-30-35(39)32-34(33-38)37(41)36(40)31-29-27-25-23-21-16-14-12-10-8-6-4-2/h34,36-38,40-41H,3-33H2,1-2H3/t34-,36+,37-/m0/s1. The number of unbranched alkanes of at least 4 members (excludes halogenated alkanes) is 25. The SMILES string of the molecule is CCCCCCCCCCCCCCCCCC(=O)C[C@@H](CO)[C@H](O)[C@H](O)CCCCCCCCCCCCCC. The van der Waals surface area contributed by atoms with E-state index in [0.717, 1.165) is 25.7 Å². The fourth-order valence-corrected chi connectivity index (χ4v) is 6.06. The molecular formula is C37H74O4. The molecule has 0 rings (SSSR count). The van der Waals surface area contributed by atoms with Crippen LogP contribution in [-0.4, -0.2) is 39.9 Å². The van der Waals surface area contributed by atoms with Crippen molar-refractivity contribution in [2.24, 2.45) is 5.92 Å². The topological polar surface area (TPSA) is 77.8 Å². The number of aliphatic hydroxyl groups excluding tert-OH is 3. The highest BCUT2D eigenvalue weighted by Crippen LogP contribution is 2.20. The van der Waals surface area contributed by atoms with Crippen LogP contribution in [0.1, 0.15) is 206 Å². The zero-order valence-electron chi connectivity index (χ0n) is 27.9. The van der Waals surface area contributed by atoms with Crippen molar-refractivity contribution in [3.63, 3.8) is 0 Å². The molecule has 0 aliphatic rings. The van der Waals surface area contributed by atoms with Crippen LogP contribution in [-0.2, 0) is 4.79 Å². The number of hydrogen-bond acceptors (Lipinski definition) is 4. The Balaban J connectivity index is 3.66. The van der Waals surface area contributed by atoms with Gasteiger partial charge in [0.05, 0.1) is 12.2 Å². The van der Waals surface area contributed by atoms with Crippen LogP contribution in [0.4, 0.5) is 0 Å². The maximum Gasteiger partial charge on any atom is 0.133 e. The highest BCUT2D eigenvalue weighted by atomic mass is 16.3. The molecule has 0 aromatic heterocycles. The summed E-state index contributed by atoms with van der Waals surface area (Å²) in [7, 11) is 0. The normalized spacial score (nSPS) is 13.9. The van der Waals surface area contributed by atoms with E-state index >= 15 is 0 Å². The quantitative estimate of drug-likeness (QED) is 0.0659. The third-order valence-electron chi connectivity index (χ3n) is 9.01. The van der Waals surface area contributed by atoms with E-state index in [1.165, 1.54) is 148 Å². The maximum absolute atomic E-state index is 12.4. The van der Waals surface area contributed by atoms with Crippen molar-refractivity contribution in [3.8, 4) is 0 Å². The van der Waals surface area contributed by atoms with Gasteiger partial charge in [0.1, 0.15) is 5.78 Å². The van der Waals surface area contributed by atoms with Crippen LogP contribution in [0, 0.1) is 5.92 Å². The van der Waals surface area contributed by atoms with Gasteiger partial charge in [-0.25, -0.2) is 0 Å². The van der Waals surface area contributed by atoms with Crippen molar-refractivity contribution in [2.45, 2.75) is 219 Å². The van der Waals surface area contributed by atoms with Crippen LogP contribution in [0.3, 0.4) is 0 Å². The molecule has 246 valence electrons. The van der Waals surface area contributed by atoms with E-state index in [1.807, 2.05) is 0 Å². The van der Waals surface area contributed by atoms with E-state index in [9.17, 15) is 20.1 Å². The first kappa shape index (κ1) is 40.5. The molecule has 0 unspecified atom stereocenters. The molecular weight excluding hydrogens is 508 g/mol. The van der Waals surface area contributed by atoms with Crippen LogP contribution in [0.15, 0.2) is 0 Å². The lowest BCUT2D eigenvalue weighted by Crippen LogP contribution is -2.36. The molecule has 3 atom stereocenters. The lowest BCUT2D eigenvalue weighted by Gasteiger charge is -2.25. The van der Waals surface area contributed by atoms with Gasteiger partial charge in [0, 0.05) is 25.4 Å². The van der Waals surface area contributed by atoms with Gasteiger partial charge < -0.3 is 15.3 Å². The van der Waals surface area contributed by atoms with Crippen molar-refractivity contribution >= 4 is 5.78 Å². The number of carbonyl (C=O) groups is 1. The Hall–Kier alpha value is -0.450. The van der Waals surface area contributed by atoms with Crippen molar-refractivity contribution in [3.05, 3.63) is 0 Å². The zero-order valence-corrected chi connectivity index (χ0v) is 27.9. The molecule has 0 aromatic rings. The Morgan fingerprint density at radius 3 is 1.15 bits per heavy atom. The van der Waals surface area contributed by atoms with Crippen molar-refractivity contribution in [1.29, 1.82) is 0 Å². The van der Waals surface area contributed by atoms with Gasteiger partial charge in [0.15, 0.2) is 0 Å². The summed E-state index contributed by atoms with van der Waals surface area (Å²) >= 11 is 0. The maximum atomic E-state index is 12.4. The monoisotopic (exact) mass is 583 g/mol. The Bertz CT molecular complexity index is 523. The van der Waals surface area contributed by atoms with Gasteiger partial charge in [-0.3, -0.25) is 4.79 Å². The fraction of sp³-hybridized carbons (Fsp3) is 0.973. The van der Waals surface area contributed by atoms with E-state index < -0.39 is 18.1 Å². The molecule has 0 amide bonds. The molecule has 0 aromatic carbocycles. The van der Waals surface area contributed by atoms with Gasteiger partial charge in [0.25, 0.3) is 0 Å². The molecule has 0 heterocycles. The predicted molar refractivity (Wildman–Crippen MR) is 177 cm³/mol. The zero-order chi connectivity index (χ0) is 30.2. The molecule has 41 heavy (non-hydrogen) atoms.